The van der Waals surface area contributed by atoms with E-state index in [9.17, 15) is 0 Å². The van der Waals surface area contributed by atoms with Crippen molar-refractivity contribution in [3.8, 4) is 22.3 Å². The van der Waals surface area contributed by atoms with Crippen LogP contribution in [0.1, 0.15) is 98.3 Å². The Morgan fingerprint density at radius 1 is 0.488 bits per heavy atom. The maximum atomic E-state index is 2.48. The molecule has 0 spiro atoms. The molecule has 0 bridgehead atoms. The predicted octanol–water partition coefficient (Wildman–Crippen LogP) is 12.7. The number of benzene rings is 5. The highest BCUT2D eigenvalue weighted by Gasteiger charge is 2.35. The number of para-hydroxylation sites is 2. The molecule has 0 N–H and O–H groups in total. The molecule has 5 aromatic rings. The van der Waals surface area contributed by atoms with Gasteiger partial charge in [0.15, 0.2) is 0 Å². The molecule has 0 aromatic heterocycles. The average molecular weight is 562 g/mol. The minimum absolute atomic E-state index is 0.677. The summed E-state index contributed by atoms with van der Waals surface area (Å²) < 4.78 is 0. The normalized spacial score (nSPS) is 16.9. The number of fused-ring (bicyclic) bond motifs is 3. The summed E-state index contributed by atoms with van der Waals surface area (Å²) in [4.78, 5) is 2.45. The smallest absolute Gasteiger partial charge is 0.0540 e. The van der Waals surface area contributed by atoms with Crippen LogP contribution in [0, 0.1) is 13.8 Å². The summed E-state index contributed by atoms with van der Waals surface area (Å²) in [5.41, 5.74) is 16.3. The van der Waals surface area contributed by atoms with Crippen molar-refractivity contribution < 1.29 is 0 Å². The van der Waals surface area contributed by atoms with Crippen molar-refractivity contribution >= 4 is 27.8 Å². The first kappa shape index (κ1) is 26.8. The van der Waals surface area contributed by atoms with Gasteiger partial charge in [-0.15, -0.1) is 0 Å². The van der Waals surface area contributed by atoms with Crippen LogP contribution in [0.4, 0.5) is 17.1 Å². The van der Waals surface area contributed by atoms with Crippen LogP contribution in [0.3, 0.4) is 0 Å². The van der Waals surface area contributed by atoms with Gasteiger partial charge >= 0.3 is 0 Å². The summed E-state index contributed by atoms with van der Waals surface area (Å²) in [5, 5.41) is 2.82. The number of hydrogen-bond acceptors (Lipinski definition) is 1. The van der Waals surface area contributed by atoms with E-state index in [1.165, 1.54) is 103 Å². The van der Waals surface area contributed by atoms with E-state index < -0.39 is 0 Å². The van der Waals surface area contributed by atoms with Crippen molar-refractivity contribution in [1.29, 1.82) is 0 Å². The molecular weight excluding hydrogens is 518 g/mol. The van der Waals surface area contributed by atoms with Crippen molar-refractivity contribution in [1.82, 2.24) is 0 Å². The zero-order chi connectivity index (χ0) is 28.9. The van der Waals surface area contributed by atoms with Gasteiger partial charge in [0, 0.05) is 16.8 Å². The van der Waals surface area contributed by atoms with Gasteiger partial charge in [-0.1, -0.05) is 99.2 Å². The van der Waals surface area contributed by atoms with Gasteiger partial charge in [0.05, 0.1) is 5.69 Å². The Hall–Kier alpha value is -3.84. The first-order chi connectivity index (χ1) is 21.2. The van der Waals surface area contributed by atoms with Crippen molar-refractivity contribution in [3.63, 3.8) is 0 Å². The van der Waals surface area contributed by atoms with Gasteiger partial charge in [0.1, 0.15) is 0 Å². The van der Waals surface area contributed by atoms with Crippen LogP contribution < -0.4 is 4.90 Å². The summed E-state index contributed by atoms with van der Waals surface area (Å²) in [6.07, 6.45) is 13.6. The highest BCUT2D eigenvalue weighted by molar-refractivity contribution is 6.20. The van der Waals surface area contributed by atoms with E-state index in [4.69, 9.17) is 0 Å². The largest absolute Gasteiger partial charge is 0.310 e. The first-order valence-electron chi connectivity index (χ1n) is 16.9. The molecule has 0 amide bonds. The van der Waals surface area contributed by atoms with Crippen LogP contribution in [-0.2, 0) is 0 Å². The van der Waals surface area contributed by atoms with E-state index in [0.29, 0.717) is 11.8 Å². The molecule has 8 rings (SSSR count). The second-order valence-electron chi connectivity index (χ2n) is 13.4. The molecule has 3 aliphatic rings. The lowest BCUT2D eigenvalue weighted by Crippen LogP contribution is -2.14. The van der Waals surface area contributed by atoms with E-state index in [-0.39, 0.29) is 0 Å². The Kier molecular flexibility index (Phi) is 6.86. The van der Waals surface area contributed by atoms with Gasteiger partial charge in [-0.3, -0.25) is 0 Å². The van der Waals surface area contributed by atoms with Crippen LogP contribution in [0.2, 0.25) is 0 Å². The first-order valence-corrected chi connectivity index (χ1v) is 16.9. The summed E-state index contributed by atoms with van der Waals surface area (Å²) in [6.45, 7) is 4.93. The van der Waals surface area contributed by atoms with E-state index in [1.807, 2.05) is 0 Å². The van der Waals surface area contributed by atoms with E-state index >= 15 is 0 Å². The Labute approximate surface area is 257 Å². The van der Waals surface area contributed by atoms with Gasteiger partial charge in [0.2, 0.25) is 0 Å². The average Bonchev–Trinajstić information content (AvgIpc) is 3.39. The summed E-state index contributed by atoms with van der Waals surface area (Å²) in [7, 11) is 0. The second-order valence-corrected chi connectivity index (χ2v) is 13.4. The molecule has 216 valence electrons. The van der Waals surface area contributed by atoms with Gasteiger partial charge in [-0.2, -0.15) is 0 Å². The maximum Gasteiger partial charge on any atom is 0.0540 e. The minimum Gasteiger partial charge on any atom is -0.310 e. The molecule has 0 aliphatic heterocycles. The second kappa shape index (κ2) is 11.0. The molecule has 1 nitrogen and oxygen atoms in total. The topological polar surface area (TPSA) is 3.24 Å². The summed E-state index contributed by atoms with van der Waals surface area (Å²) in [6, 6.07) is 33.8. The molecule has 43 heavy (non-hydrogen) atoms. The Morgan fingerprint density at radius 3 is 1.49 bits per heavy atom. The molecule has 0 atom stereocenters. The fourth-order valence-corrected chi connectivity index (χ4v) is 9.00. The van der Waals surface area contributed by atoms with Crippen LogP contribution in [0.5, 0.6) is 0 Å². The van der Waals surface area contributed by atoms with Crippen molar-refractivity contribution in [2.75, 3.05) is 4.90 Å². The van der Waals surface area contributed by atoms with E-state index in [1.54, 1.807) is 33.4 Å². The molecule has 0 saturated heterocycles. The Morgan fingerprint density at radius 2 is 0.977 bits per heavy atom. The lowest BCUT2D eigenvalue weighted by molar-refractivity contribution is 0.438. The highest BCUT2D eigenvalue weighted by Crippen LogP contribution is 2.58. The standard InChI is InChI=1S/C42H43N/c1-28-29(2)39(31-18-9-4-10-19-31)42-36-26-27-37(43(32-20-11-5-12-21-32)33-22-13-6-14-23-33)34-24-15-25-35(40(34)36)41(42)38(28)30-16-7-3-8-17-30/h5-6,11-15,20-27,30-31H,3-4,7-10,16-19H2,1-2H3. The molecule has 2 saturated carbocycles. The third-order valence-electron chi connectivity index (χ3n) is 11.0. The van der Waals surface area contributed by atoms with E-state index in [2.05, 4.69) is 110 Å². The van der Waals surface area contributed by atoms with Gasteiger partial charge in [-0.25, -0.2) is 0 Å². The third-order valence-corrected chi connectivity index (χ3v) is 11.0. The molecule has 0 heterocycles. The quantitative estimate of drug-likeness (QED) is 0.202. The molecule has 2 fully saturated rings. The zero-order valence-electron chi connectivity index (χ0n) is 25.8. The molecule has 0 unspecified atom stereocenters. The lowest BCUT2D eigenvalue weighted by atomic mass is 9.72. The molecule has 5 aromatic carbocycles. The number of hydrogen-bond donors (Lipinski definition) is 0. The highest BCUT2D eigenvalue weighted by atomic mass is 15.1. The van der Waals surface area contributed by atoms with Gasteiger partial charge in [-0.05, 0) is 132 Å². The van der Waals surface area contributed by atoms with E-state index in [0.717, 1.165) is 0 Å². The minimum atomic E-state index is 0.677. The van der Waals surface area contributed by atoms with Crippen molar-refractivity contribution in [2.45, 2.75) is 89.9 Å². The third kappa shape index (κ3) is 4.35. The monoisotopic (exact) mass is 561 g/mol. The lowest BCUT2D eigenvalue weighted by Gasteiger charge is -2.32. The number of nitrogens with zero attached hydrogens (tertiary/aromatic N) is 1. The maximum absolute atomic E-state index is 2.48. The number of rotatable bonds is 5. The number of anilines is 3. The van der Waals surface area contributed by atoms with Crippen molar-refractivity contribution in [3.05, 3.63) is 113 Å². The molecule has 3 aliphatic carbocycles. The van der Waals surface area contributed by atoms with Crippen LogP contribution in [0.15, 0.2) is 91.0 Å². The van der Waals surface area contributed by atoms with Gasteiger partial charge < -0.3 is 4.90 Å². The summed E-state index contributed by atoms with van der Waals surface area (Å²) in [5.74, 6) is 1.35. The van der Waals surface area contributed by atoms with Crippen LogP contribution >= 0.6 is 0 Å². The SMILES string of the molecule is Cc1c(C)c(C2CCCCC2)c2c(c1C1CCCCC1)-c1cccc3c(N(c4ccccc4)c4ccccc4)ccc-2c13. The van der Waals surface area contributed by atoms with Gasteiger partial charge in [0.25, 0.3) is 0 Å². The fourth-order valence-electron chi connectivity index (χ4n) is 9.00. The molecule has 0 radical (unpaired) electrons. The predicted molar refractivity (Wildman–Crippen MR) is 184 cm³/mol. The zero-order valence-corrected chi connectivity index (χ0v) is 25.8. The van der Waals surface area contributed by atoms with Crippen LogP contribution in [-0.4, -0.2) is 0 Å². The van der Waals surface area contributed by atoms with Crippen molar-refractivity contribution in [2.24, 2.45) is 0 Å². The Bertz CT molecular complexity index is 1690. The molecular formula is C42H43N. The molecule has 1 heteroatoms. The van der Waals surface area contributed by atoms with Crippen LogP contribution in [0.25, 0.3) is 33.0 Å². The fraction of sp³-hybridized carbons (Fsp3) is 0.333. The summed E-state index contributed by atoms with van der Waals surface area (Å²) >= 11 is 0. The Balaban J connectivity index is 1.42.